The standard InChI is InChI=1S/C31H35IN6O4/c32-24-3-7-28(33-18-24)36-13-9-23(10-14-36)31(41)37-15-11-25(12-16-37)38-19-21(17-34-38)20-42-26-4-1-22(2-5-26)27-6-8-29(39)35-30(27)40/h1-5,7,17-19,23,25,27H,6,8-16,20H2,(H,35,39,40). The molecule has 10 nitrogen and oxygen atoms in total. The van der Waals surface area contributed by atoms with E-state index in [1.807, 2.05) is 52.4 Å². The van der Waals surface area contributed by atoms with E-state index in [0.29, 0.717) is 31.1 Å². The molecule has 1 N–H and O–H groups in total. The Labute approximate surface area is 258 Å². The van der Waals surface area contributed by atoms with Crippen molar-refractivity contribution in [2.45, 2.75) is 57.1 Å². The molecule has 0 radical (unpaired) electrons. The molecule has 1 unspecified atom stereocenters. The second-order valence-corrected chi connectivity index (χ2v) is 12.6. The number of piperidine rings is 3. The van der Waals surface area contributed by atoms with Crippen molar-refractivity contribution in [1.82, 2.24) is 25.0 Å². The van der Waals surface area contributed by atoms with Crippen LogP contribution in [0.4, 0.5) is 5.82 Å². The van der Waals surface area contributed by atoms with Crippen LogP contribution in [0, 0.1) is 9.49 Å². The Balaban J connectivity index is 0.944. The molecule has 220 valence electrons. The molecule has 3 fully saturated rings. The normalized spacial score (nSPS) is 20.5. The highest BCUT2D eigenvalue weighted by Gasteiger charge is 2.32. The summed E-state index contributed by atoms with van der Waals surface area (Å²) in [7, 11) is 0. The van der Waals surface area contributed by atoms with Gasteiger partial charge in [-0.05, 0) is 84.5 Å². The maximum atomic E-state index is 13.3. The Morgan fingerprint density at radius 2 is 1.71 bits per heavy atom. The van der Waals surface area contributed by atoms with Crippen molar-refractivity contribution in [2.75, 3.05) is 31.1 Å². The molecule has 1 aromatic carbocycles. The van der Waals surface area contributed by atoms with Crippen LogP contribution in [-0.4, -0.2) is 63.6 Å². The Morgan fingerprint density at radius 1 is 0.952 bits per heavy atom. The quantitative estimate of drug-likeness (QED) is 0.296. The zero-order chi connectivity index (χ0) is 29.1. The lowest BCUT2D eigenvalue weighted by Crippen LogP contribution is -2.45. The number of amides is 3. The first-order valence-corrected chi connectivity index (χ1v) is 15.8. The zero-order valence-electron chi connectivity index (χ0n) is 23.5. The number of ether oxygens (including phenoxy) is 1. The van der Waals surface area contributed by atoms with E-state index in [9.17, 15) is 14.4 Å². The minimum Gasteiger partial charge on any atom is -0.489 e. The van der Waals surface area contributed by atoms with Gasteiger partial charge < -0.3 is 14.5 Å². The first kappa shape index (κ1) is 28.6. The number of imide groups is 1. The van der Waals surface area contributed by atoms with Gasteiger partial charge in [-0.25, -0.2) is 4.98 Å². The topological polar surface area (TPSA) is 110 Å². The van der Waals surface area contributed by atoms with Gasteiger partial charge in [0.05, 0.1) is 18.2 Å². The molecule has 0 bridgehead atoms. The number of pyridine rings is 1. The minimum atomic E-state index is -0.300. The fourth-order valence-corrected chi connectivity index (χ4v) is 6.46. The second-order valence-electron chi connectivity index (χ2n) is 11.3. The third-order valence-electron chi connectivity index (χ3n) is 8.61. The van der Waals surface area contributed by atoms with Crippen LogP contribution in [0.1, 0.15) is 61.6 Å². The molecular formula is C31H35IN6O4. The molecule has 5 heterocycles. The number of anilines is 1. The number of halogens is 1. The number of carbonyl (C=O) groups excluding carboxylic acids is 3. The number of aromatic nitrogens is 3. The van der Waals surface area contributed by atoms with Gasteiger partial charge in [0.25, 0.3) is 0 Å². The third kappa shape index (κ3) is 6.61. The summed E-state index contributed by atoms with van der Waals surface area (Å²) in [5.74, 6) is 1.35. The molecule has 2 aromatic heterocycles. The summed E-state index contributed by atoms with van der Waals surface area (Å²) in [6, 6.07) is 11.9. The number of likely N-dealkylation sites (tertiary alicyclic amines) is 1. The number of carbonyl (C=O) groups is 3. The lowest BCUT2D eigenvalue weighted by Gasteiger charge is -2.37. The van der Waals surface area contributed by atoms with E-state index in [2.05, 4.69) is 55.0 Å². The van der Waals surface area contributed by atoms with Crippen molar-refractivity contribution in [3.8, 4) is 5.75 Å². The van der Waals surface area contributed by atoms with Crippen LogP contribution in [0.15, 0.2) is 55.0 Å². The minimum absolute atomic E-state index is 0.0909. The van der Waals surface area contributed by atoms with E-state index in [1.54, 1.807) is 0 Å². The smallest absolute Gasteiger partial charge is 0.234 e. The maximum absolute atomic E-state index is 13.3. The van der Waals surface area contributed by atoms with Gasteiger partial charge in [0.15, 0.2) is 0 Å². The predicted molar refractivity (Wildman–Crippen MR) is 165 cm³/mol. The van der Waals surface area contributed by atoms with E-state index < -0.39 is 0 Å². The monoisotopic (exact) mass is 682 g/mol. The number of hydrogen-bond acceptors (Lipinski definition) is 7. The van der Waals surface area contributed by atoms with Crippen molar-refractivity contribution in [3.05, 3.63) is 69.7 Å². The van der Waals surface area contributed by atoms with Crippen LogP contribution in [0.5, 0.6) is 5.75 Å². The van der Waals surface area contributed by atoms with E-state index in [1.165, 1.54) is 0 Å². The maximum Gasteiger partial charge on any atom is 0.234 e. The lowest BCUT2D eigenvalue weighted by atomic mass is 9.90. The van der Waals surface area contributed by atoms with Crippen LogP contribution in [-0.2, 0) is 21.0 Å². The summed E-state index contributed by atoms with van der Waals surface area (Å²) in [5.41, 5.74) is 1.87. The average molecular weight is 683 g/mol. The van der Waals surface area contributed by atoms with Gasteiger partial charge in [-0.3, -0.25) is 24.4 Å². The molecule has 3 aliphatic rings. The molecule has 0 saturated carbocycles. The SMILES string of the molecule is O=C1CCC(c2ccc(OCc3cnn(C4CCN(C(=O)C5CCN(c6ccc(I)cn6)CC5)CC4)c3)cc2)C(=O)N1. The number of hydrogen-bond donors (Lipinski definition) is 1. The van der Waals surface area contributed by atoms with Crippen LogP contribution in [0.2, 0.25) is 0 Å². The van der Waals surface area contributed by atoms with Crippen LogP contribution in [0.25, 0.3) is 0 Å². The molecule has 3 aromatic rings. The van der Waals surface area contributed by atoms with E-state index in [-0.39, 0.29) is 29.7 Å². The van der Waals surface area contributed by atoms with Crippen LogP contribution in [0.3, 0.4) is 0 Å². The van der Waals surface area contributed by atoms with Crippen LogP contribution < -0.4 is 15.0 Å². The molecule has 11 heteroatoms. The molecule has 0 spiro atoms. The van der Waals surface area contributed by atoms with Crippen molar-refractivity contribution in [1.29, 1.82) is 0 Å². The summed E-state index contributed by atoms with van der Waals surface area (Å²) in [6.07, 6.45) is 10.2. The number of benzene rings is 1. The fraction of sp³-hybridized carbons (Fsp3) is 0.452. The Morgan fingerprint density at radius 3 is 2.40 bits per heavy atom. The number of rotatable bonds is 7. The molecule has 3 amide bonds. The molecule has 42 heavy (non-hydrogen) atoms. The summed E-state index contributed by atoms with van der Waals surface area (Å²) < 4.78 is 9.11. The van der Waals surface area contributed by atoms with Crippen molar-refractivity contribution in [3.63, 3.8) is 0 Å². The van der Waals surface area contributed by atoms with Gasteiger partial charge in [0.1, 0.15) is 18.2 Å². The fourth-order valence-electron chi connectivity index (χ4n) is 6.15. The van der Waals surface area contributed by atoms with Crippen molar-refractivity contribution >= 4 is 46.1 Å². The molecule has 3 saturated heterocycles. The average Bonchev–Trinajstić information content (AvgIpc) is 3.50. The van der Waals surface area contributed by atoms with Gasteiger partial charge in [0.2, 0.25) is 17.7 Å². The van der Waals surface area contributed by atoms with Gasteiger partial charge in [-0.2, -0.15) is 5.10 Å². The summed E-state index contributed by atoms with van der Waals surface area (Å²) in [4.78, 5) is 45.7. The van der Waals surface area contributed by atoms with E-state index in [4.69, 9.17) is 4.74 Å². The molecular weight excluding hydrogens is 647 g/mol. The third-order valence-corrected chi connectivity index (χ3v) is 9.25. The summed E-state index contributed by atoms with van der Waals surface area (Å²) >= 11 is 2.26. The Bertz CT molecular complexity index is 1410. The lowest BCUT2D eigenvalue weighted by molar-refractivity contribution is -0.137. The first-order valence-electron chi connectivity index (χ1n) is 14.7. The van der Waals surface area contributed by atoms with E-state index in [0.717, 1.165) is 72.4 Å². The highest BCUT2D eigenvalue weighted by molar-refractivity contribution is 14.1. The highest BCUT2D eigenvalue weighted by Crippen LogP contribution is 2.29. The molecule has 0 aliphatic carbocycles. The van der Waals surface area contributed by atoms with E-state index >= 15 is 0 Å². The Hall–Kier alpha value is -3.48. The second kappa shape index (κ2) is 12.8. The number of nitrogens with zero attached hydrogens (tertiary/aromatic N) is 5. The molecule has 6 rings (SSSR count). The van der Waals surface area contributed by atoms with Crippen molar-refractivity contribution in [2.24, 2.45) is 5.92 Å². The predicted octanol–water partition coefficient (Wildman–Crippen LogP) is 4.06. The van der Waals surface area contributed by atoms with Gasteiger partial charge in [-0.1, -0.05) is 12.1 Å². The summed E-state index contributed by atoms with van der Waals surface area (Å²) in [5, 5.41) is 7.00. The van der Waals surface area contributed by atoms with Gasteiger partial charge >= 0.3 is 0 Å². The van der Waals surface area contributed by atoms with Crippen molar-refractivity contribution < 1.29 is 19.1 Å². The first-order chi connectivity index (χ1) is 20.4. The molecule has 3 aliphatic heterocycles. The highest BCUT2D eigenvalue weighted by atomic mass is 127. The zero-order valence-corrected chi connectivity index (χ0v) is 25.6. The number of nitrogens with one attached hydrogen (secondary N) is 1. The largest absolute Gasteiger partial charge is 0.489 e. The summed E-state index contributed by atoms with van der Waals surface area (Å²) in [6.45, 7) is 3.64. The molecule has 1 atom stereocenters. The van der Waals surface area contributed by atoms with Crippen LogP contribution >= 0.6 is 22.6 Å². The van der Waals surface area contributed by atoms with Gasteiger partial charge in [-0.15, -0.1) is 0 Å². The Kier molecular flexibility index (Phi) is 8.73. The van der Waals surface area contributed by atoms with Gasteiger partial charge in [0, 0.05) is 60.0 Å².